The predicted molar refractivity (Wildman–Crippen MR) is 152 cm³/mol. The van der Waals surface area contributed by atoms with Gasteiger partial charge in [0.2, 0.25) is 0 Å². The minimum atomic E-state index is -0.337. The van der Waals surface area contributed by atoms with Crippen LogP contribution in [0.1, 0.15) is 15.9 Å². The number of phenolic OH excluding ortho intramolecular Hbond substituents is 1. The van der Waals surface area contributed by atoms with Gasteiger partial charge in [0.25, 0.3) is 0 Å². The van der Waals surface area contributed by atoms with Crippen molar-refractivity contribution < 1.29 is 19.4 Å². The number of nitrogens with one attached hydrogen (secondary N) is 1. The quantitative estimate of drug-likeness (QED) is 0.113. The number of carbonyl (C=O) groups excluding carboxylic acids is 1. The number of hydrogen-bond donors (Lipinski definition) is 4. The molecule has 0 spiro atoms. The highest BCUT2D eigenvalue weighted by atomic mass is 35.5. The van der Waals surface area contributed by atoms with Gasteiger partial charge in [-0.05, 0) is 41.0 Å². The summed E-state index contributed by atoms with van der Waals surface area (Å²) in [6.07, 6.45) is 3.09. The third-order valence-corrected chi connectivity index (χ3v) is 5.14. The molecule has 0 unspecified atom stereocenters. The molecular weight excluding hydrogens is 506 g/mol. The second kappa shape index (κ2) is 14.0. The molecule has 0 saturated carbocycles. The summed E-state index contributed by atoms with van der Waals surface area (Å²) in [7, 11) is 2.91. The zero-order valence-corrected chi connectivity index (χ0v) is 21.6. The second-order valence-corrected chi connectivity index (χ2v) is 7.67. The molecule has 9 nitrogen and oxygen atoms in total. The third kappa shape index (κ3) is 8.07. The number of halogens is 1. The molecule has 6 N–H and O–H groups in total. The Labute approximate surface area is 226 Å². The lowest BCUT2D eigenvalue weighted by Crippen LogP contribution is -2.00. The normalized spacial score (nSPS) is 10.1. The first-order valence-electron chi connectivity index (χ1n) is 11.1. The number of methoxy groups -OCH3 is 2. The molecule has 1 heterocycles. The number of nitrogen functional groups attached to an aromatic ring is 2. The Morgan fingerprint density at radius 3 is 2.13 bits per heavy atom. The van der Waals surface area contributed by atoms with E-state index in [2.05, 4.69) is 34.4 Å². The van der Waals surface area contributed by atoms with Crippen molar-refractivity contribution in [1.29, 1.82) is 5.53 Å². The van der Waals surface area contributed by atoms with E-state index in [4.69, 9.17) is 26.5 Å². The monoisotopic (exact) mass is 533 g/mol. The van der Waals surface area contributed by atoms with Crippen LogP contribution >= 0.6 is 12.4 Å². The van der Waals surface area contributed by atoms with Crippen LogP contribution in [0, 0.1) is 5.53 Å². The van der Waals surface area contributed by atoms with Gasteiger partial charge in [-0.3, -0.25) is 4.79 Å². The molecular formula is C28H28ClN5O4. The number of ether oxygens (including phenoxy) is 2. The van der Waals surface area contributed by atoms with E-state index >= 15 is 0 Å². The van der Waals surface area contributed by atoms with Gasteiger partial charge in [-0.2, -0.15) is 5.11 Å². The number of hydrogen-bond acceptors (Lipinski definition) is 9. The van der Waals surface area contributed by atoms with Crippen LogP contribution in [0.2, 0.25) is 0 Å². The molecule has 0 atom stereocenters. The number of rotatable bonds is 6. The van der Waals surface area contributed by atoms with Crippen molar-refractivity contribution in [1.82, 2.24) is 4.98 Å². The van der Waals surface area contributed by atoms with Crippen LogP contribution in [0.5, 0.6) is 17.2 Å². The lowest BCUT2D eigenvalue weighted by Gasteiger charge is -2.10. The average Bonchev–Trinajstić information content (AvgIpc) is 3.51. The zero-order valence-electron chi connectivity index (χ0n) is 20.8. The Hall–Kier alpha value is -4.89. The molecule has 2 aliphatic rings. The molecule has 38 heavy (non-hydrogen) atoms. The first kappa shape index (κ1) is 29.3. The molecule has 1 aromatic heterocycles. The van der Waals surface area contributed by atoms with E-state index in [0.29, 0.717) is 17.3 Å². The molecule has 3 aromatic rings. The van der Waals surface area contributed by atoms with E-state index in [1.54, 1.807) is 24.3 Å². The number of anilines is 2. The van der Waals surface area contributed by atoms with Gasteiger partial charge < -0.3 is 26.0 Å². The molecule has 0 bridgehead atoms. The van der Waals surface area contributed by atoms with Crippen LogP contribution in [-0.4, -0.2) is 30.1 Å². The van der Waals surface area contributed by atoms with Crippen molar-refractivity contribution in [3.8, 4) is 28.4 Å². The molecule has 0 radical (unpaired) electrons. The second-order valence-electron chi connectivity index (χ2n) is 7.67. The number of pyridine rings is 1. The van der Waals surface area contributed by atoms with E-state index in [-0.39, 0.29) is 41.1 Å². The summed E-state index contributed by atoms with van der Waals surface area (Å²) in [5.74, 6) is 0.715. The molecule has 5 rings (SSSR count). The fraction of sp³-hybridized carbons (Fsp3) is 0.0714. The fourth-order valence-electron chi connectivity index (χ4n) is 3.18. The summed E-state index contributed by atoms with van der Waals surface area (Å²) in [6.45, 7) is 0. The fourth-order valence-corrected chi connectivity index (χ4v) is 3.18. The molecule has 196 valence electrons. The SMILES string of the molecule is COc1cc(O)c(C(=O)C=Cc2ccccc2)c(OC)c1.Cl.N=Nc1ccc(N)nc1N.c1cc2cc-2c1. The molecule has 0 aliphatic heterocycles. The van der Waals surface area contributed by atoms with Crippen molar-refractivity contribution in [2.45, 2.75) is 0 Å². The van der Waals surface area contributed by atoms with E-state index in [9.17, 15) is 9.90 Å². The van der Waals surface area contributed by atoms with Gasteiger partial charge >= 0.3 is 0 Å². The van der Waals surface area contributed by atoms with Crippen LogP contribution < -0.4 is 20.9 Å². The Bertz CT molecular complexity index is 1410. The number of aromatic hydroxyl groups is 1. The summed E-state index contributed by atoms with van der Waals surface area (Å²) >= 11 is 0. The standard InChI is InChI=1S/C17H16O4.C6H4.C5H7N5.ClH/c1-20-13-10-15(19)17(16(11-13)21-2)14(18)9-8-12-6-4-3-5-7-12;1-2-5-4-6(5)3-1;6-4-2-1-3(10-8)5(7)9-4;/h3-11,19H,1-2H3;1-4H;1-2,8H,(H4,6,7,9);1H. The molecule has 0 fully saturated rings. The Morgan fingerprint density at radius 1 is 0.947 bits per heavy atom. The number of ketones is 1. The number of phenols is 1. The Balaban J connectivity index is 0.000000243. The maximum Gasteiger partial charge on any atom is 0.193 e. The van der Waals surface area contributed by atoms with Crippen molar-refractivity contribution in [2.75, 3.05) is 25.7 Å². The topological polar surface area (TPSA) is 157 Å². The van der Waals surface area contributed by atoms with Gasteiger partial charge in [0.1, 0.15) is 34.3 Å². The maximum absolute atomic E-state index is 12.3. The summed E-state index contributed by atoms with van der Waals surface area (Å²) in [5.41, 5.74) is 21.4. The first-order valence-corrected chi connectivity index (χ1v) is 11.1. The summed E-state index contributed by atoms with van der Waals surface area (Å²) in [5, 5.41) is 13.1. The highest BCUT2D eigenvalue weighted by Crippen LogP contribution is 2.34. The van der Waals surface area contributed by atoms with E-state index < -0.39 is 0 Å². The first-order chi connectivity index (χ1) is 17.9. The number of fused-ring (bicyclic) bond motifs is 1. The average molecular weight is 534 g/mol. The number of aromatic nitrogens is 1. The van der Waals surface area contributed by atoms with Crippen molar-refractivity contribution >= 4 is 41.6 Å². The van der Waals surface area contributed by atoms with Crippen molar-refractivity contribution in [3.63, 3.8) is 0 Å². The number of nitrogens with two attached hydrogens (primary N) is 2. The lowest BCUT2D eigenvalue weighted by atomic mass is 10.1. The summed E-state index contributed by atoms with van der Waals surface area (Å²) < 4.78 is 10.2. The van der Waals surface area contributed by atoms with Gasteiger partial charge in [-0.25, -0.2) is 10.5 Å². The highest BCUT2D eigenvalue weighted by molar-refractivity contribution is 6.10. The lowest BCUT2D eigenvalue weighted by molar-refractivity contribution is 0.104. The van der Waals surface area contributed by atoms with E-state index in [1.165, 1.54) is 37.5 Å². The number of nitrogens with zero attached hydrogens (tertiary/aromatic N) is 2. The number of allylic oxidation sites excluding steroid dienone is 1. The molecule has 10 heteroatoms. The van der Waals surface area contributed by atoms with E-state index in [0.717, 1.165) is 5.56 Å². The minimum absolute atomic E-state index is 0. The van der Waals surface area contributed by atoms with Crippen LogP contribution in [-0.2, 0) is 0 Å². The van der Waals surface area contributed by atoms with Gasteiger partial charge in [0.15, 0.2) is 11.6 Å². The minimum Gasteiger partial charge on any atom is -0.507 e. The van der Waals surface area contributed by atoms with Crippen LogP contribution in [0.25, 0.3) is 17.2 Å². The highest BCUT2D eigenvalue weighted by Gasteiger charge is 2.17. The third-order valence-electron chi connectivity index (χ3n) is 5.14. The Kier molecular flexibility index (Phi) is 10.8. The summed E-state index contributed by atoms with van der Waals surface area (Å²) in [6, 6.07) is 23.9. The van der Waals surface area contributed by atoms with Crippen LogP contribution in [0.3, 0.4) is 0 Å². The van der Waals surface area contributed by atoms with Gasteiger partial charge in [0.05, 0.1) is 14.2 Å². The summed E-state index contributed by atoms with van der Waals surface area (Å²) in [4.78, 5) is 15.9. The maximum atomic E-state index is 12.3. The molecule has 2 aromatic carbocycles. The van der Waals surface area contributed by atoms with Crippen LogP contribution in [0.4, 0.5) is 17.3 Å². The van der Waals surface area contributed by atoms with Crippen molar-refractivity contribution in [3.05, 3.63) is 96.1 Å². The van der Waals surface area contributed by atoms with Gasteiger partial charge in [0, 0.05) is 12.1 Å². The van der Waals surface area contributed by atoms with Crippen molar-refractivity contribution in [2.24, 2.45) is 5.11 Å². The van der Waals surface area contributed by atoms with Crippen LogP contribution in [0.15, 0.2) is 90.1 Å². The van der Waals surface area contributed by atoms with E-state index in [1.807, 2.05) is 30.3 Å². The zero-order chi connectivity index (χ0) is 26.8. The largest absolute Gasteiger partial charge is 0.507 e. The van der Waals surface area contributed by atoms with Gasteiger partial charge in [-0.1, -0.05) is 54.6 Å². The van der Waals surface area contributed by atoms with Gasteiger partial charge in [-0.15, -0.1) is 12.4 Å². The molecule has 0 saturated heterocycles. The molecule has 0 amide bonds. The smallest absolute Gasteiger partial charge is 0.193 e. The Morgan fingerprint density at radius 2 is 1.63 bits per heavy atom. The molecule has 2 aliphatic carbocycles. The number of carbonyl (C=O) groups is 1. The predicted octanol–water partition coefficient (Wildman–Crippen LogP) is 6.30. The number of benzene rings is 3.